The van der Waals surface area contributed by atoms with Crippen molar-refractivity contribution in [2.75, 3.05) is 24.9 Å². The molecule has 0 spiro atoms. The van der Waals surface area contributed by atoms with Gasteiger partial charge >= 0.3 is 0 Å². The van der Waals surface area contributed by atoms with E-state index >= 15 is 0 Å². The zero-order valence-corrected chi connectivity index (χ0v) is 32.0. The molecule has 0 saturated carbocycles. The summed E-state index contributed by atoms with van der Waals surface area (Å²) >= 11 is 15.1. The van der Waals surface area contributed by atoms with E-state index in [1.54, 1.807) is 80.9 Å². The zero-order valence-electron chi connectivity index (χ0n) is 28.8. The standard InChI is InChI=1S/C41H32Cl2N4O5S2/c1-51-35-20-14-28(22-36(35)52-2)34-24-53-41(46-34)47-40(50)37(25-9-5-3-6-10-25)54-31-18-16-30(17-19-31)44-39(49)33(21-27-13-15-29(42)23-32(27)43)45-38(48)26-11-7-4-8-12-26/h3-24,37H,1-2H3,(H,44,49)(H,45,48)(H,46,47,50)/b33-21-. The van der Waals surface area contributed by atoms with Crippen LogP contribution >= 0.6 is 46.3 Å². The van der Waals surface area contributed by atoms with E-state index in [2.05, 4.69) is 20.9 Å². The summed E-state index contributed by atoms with van der Waals surface area (Å²) in [6.07, 6.45) is 1.49. The van der Waals surface area contributed by atoms with Crippen LogP contribution in [-0.4, -0.2) is 36.9 Å². The van der Waals surface area contributed by atoms with Crippen molar-refractivity contribution in [2.45, 2.75) is 10.1 Å². The van der Waals surface area contributed by atoms with Crippen LogP contribution < -0.4 is 25.4 Å². The maximum atomic E-state index is 13.8. The Balaban J connectivity index is 1.17. The van der Waals surface area contributed by atoms with Crippen LogP contribution in [-0.2, 0) is 9.59 Å². The number of carbonyl (C=O) groups excluding carboxylic acids is 3. The van der Waals surface area contributed by atoms with Gasteiger partial charge in [0.15, 0.2) is 16.6 Å². The number of methoxy groups -OCH3 is 2. The summed E-state index contributed by atoms with van der Waals surface area (Å²) in [4.78, 5) is 45.9. The highest BCUT2D eigenvalue weighted by atomic mass is 35.5. The number of nitrogens with one attached hydrogen (secondary N) is 3. The average Bonchev–Trinajstić information content (AvgIpc) is 3.66. The third-order valence-corrected chi connectivity index (χ3v) is 10.5. The molecule has 9 nitrogen and oxygen atoms in total. The molecule has 13 heteroatoms. The van der Waals surface area contributed by atoms with Crippen molar-refractivity contribution >= 4 is 80.9 Å². The molecule has 1 unspecified atom stereocenters. The number of thioether (sulfide) groups is 1. The molecule has 6 rings (SSSR count). The molecular weight excluding hydrogens is 764 g/mol. The number of carbonyl (C=O) groups is 3. The van der Waals surface area contributed by atoms with Crippen molar-refractivity contribution in [3.05, 3.63) is 159 Å². The first-order chi connectivity index (χ1) is 26.2. The Bertz CT molecular complexity index is 2300. The summed E-state index contributed by atoms with van der Waals surface area (Å²) < 4.78 is 10.8. The smallest absolute Gasteiger partial charge is 0.272 e. The maximum absolute atomic E-state index is 13.8. The topological polar surface area (TPSA) is 119 Å². The molecule has 0 fully saturated rings. The van der Waals surface area contributed by atoms with E-state index in [1.165, 1.54) is 29.2 Å². The number of hydrogen-bond donors (Lipinski definition) is 3. The summed E-state index contributed by atoms with van der Waals surface area (Å²) in [6.45, 7) is 0. The second-order valence-corrected chi connectivity index (χ2v) is 14.4. The quantitative estimate of drug-likeness (QED) is 0.0787. The lowest BCUT2D eigenvalue weighted by Gasteiger charge is -2.17. The fraction of sp³-hybridized carbons (Fsp3) is 0.0732. The second kappa shape index (κ2) is 18.0. The third-order valence-electron chi connectivity index (χ3n) is 7.91. The predicted octanol–water partition coefficient (Wildman–Crippen LogP) is 10.0. The normalized spacial score (nSPS) is 11.7. The minimum atomic E-state index is -0.619. The van der Waals surface area contributed by atoms with Gasteiger partial charge in [0.05, 0.1) is 19.9 Å². The number of rotatable bonds is 13. The molecule has 0 radical (unpaired) electrons. The van der Waals surface area contributed by atoms with E-state index in [1.807, 2.05) is 60.0 Å². The Kier molecular flexibility index (Phi) is 12.7. The van der Waals surface area contributed by atoms with Gasteiger partial charge in [-0.15, -0.1) is 23.1 Å². The number of ether oxygens (including phenoxy) is 2. The van der Waals surface area contributed by atoms with Crippen LogP contribution in [0.25, 0.3) is 17.3 Å². The lowest BCUT2D eigenvalue weighted by Crippen LogP contribution is -2.30. The van der Waals surface area contributed by atoms with Crippen LogP contribution in [0.15, 0.2) is 137 Å². The SMILES string of the molecule is COc1ccc(-c2csc(NC(=O)C(Sc3ccc(NC(=O)/C(=C/c4ccc(Cl)cc4Cl)NC(=O)c4ccccc4)cc3)c3ccccc3)n2)cc1OC. The van der Waals surface area contributed by atoms with Crippen LogP contribution in [0.5, 0.6) is 11.5 Å². The number of aromatic nitrogens is 1. The van der Waals surface area contributed by atoms with Gasteiger partial charge in [-0.25, -0.2) is 4.98 Å². The molecule has 54 heavy (non-hydrogen) atoms. The van der Waals surface area contributed by atoms with Crippen LogP contribution in [0.1, 0.15) is 26.7 Å². The Morgan fingerprint density at radius 2 is 1.50 bits per heavy atom. The molecule has 3 amide bonds. The maximum Gasteiger partial charge on any atom is 0.272 e. The molecule has 0 aliphatic heterocycles. The molecule has 3 N–H and O–H groups in total. The Morgan fingerprint density at radius 3 is 2.19 bits per heavy atom. The van der Waals surface area contributed by atoms with Crippen molar-refractivity contribution in [3.8, 4) is 22.8 Å². The monoisotopic (exact) mass is 794 g/mol. The van der Waals surface area contributed by atoms with Crippen LogP contribution in [0.2, 0.25) is 10.0 Å². The first kappa shape index (κ1) is 38.1. The number of halogens is 2. The molecule has 1 heterocycles. The fourth-order valence-corrected chi connectivity index (χ4v) is 7.41. The third kappa shape index (κ3) is 9.68. The van der Waals surface area contributed by atoms with Gasteiger partial charge in [-0.3, -0.25) is 14.4 Å². The number of amides is 3. The summed E-state index contributed by atoms with van der Waals surface area (Å²) in [7, 11) is 3.15. The van der Waals surface area contributed by atoms with Crippen LogP contribution in [0.3, 0.4) is 0 Å². The predicted molar refractivity (Wildman–Crippen MR) is 218 cm³/mol. The molecular formula is C41H32Cl2N4O5S2. The summed E-state index contributed by atoms with van der Waals surface area (Å²) in [5.74, 6) is -0.0930. The Labute approximate surface area is 330 Å². The van der Waals surface area contributed by atoms with Gasteiger partial charge in [-0.2, -0.15) is 0 Å². The van der Waals surface area contributed by atoms with Crippen molar-refractivity contribution in [1.29, 1.82) is 0 Å². The molecule has 1 atom stereocenters. The molecule has 1 aromatic heterocycles. The van der Waals surface area contributed by atoms with Gasteiger partial charge in [0.2, 0.25) is 5.91 Å². The number of benzene rings is 5. The van der Waals surface area contributed by atoms with E-state index in [4.69, 9.17) is 32.7 Å². The molecule has 0 aliphatic rings. The second-order valence-electron chi connectivity index (χ2n) is 11.5. The van der Waals surface area contributed by atoms with Gasteiger partial charge in [0.1, 0.15) is 10.9 Å². The number of hydrogen-bond acceptors (Lipinski definition) is 8. The zero-order chi connectivity index (χ0) is 38.0. The largest absolute Gasteiger partial charge is 0.493 e. The van der Waals surface area contributed by atoms with Crippen LogP contribution in [0.4, 0.5) is 10.8 Å². The van der Waals surface area contributed by atoms with Crippen molar-refractivity contribution in [1.82, 2.24) is 10.3 Å². The minimum Gasteiger partial charge on any atom is -0.493 e. The Hall–Kier alpha value is -5.59. The molecule has 272 valence electrons. The Morgan fingerprint density at radius 1 is 0.796 bits per heavy atom. The van der Waals surface area contributed by atoms with E-state index < -0.39 is 17.1 Å². The van der Waals surface area contributed by atoms with Gasteiger partial charge in [-0.1, -0.05) is 77.8 Å². The number of anilines is 2. The highest BCUT2D eigenvalue weighted by Gasteiger charge is 2.24. The highest BCUT2D eigenvalue weighted by Crippen LogP contribution is 2.38. The fourth-order valence-electron chi connectivity index (χ4n) is 5.20. The van der Waals surface area contributed by atoms with Crippen molar-refractivity contribution in [3.63, 3.8) is 0 Å². The van der Waals surface area contributed by atoms with E-state index in [9.17, 15) is 14.4 Å². The number of nitrogens with zero attached hydrogens (tertiary/aromatic N) is 1. The van der Waals surface area contributed by atoms with Gasteiger partial charge in [0, 0.05) is 37.1 Å². The molecule has 0 bridgehead atoms. The van der Waals surface area contributed by atoms with Gasteiger partial charge in [0.25, 0.3) is 11.8 Å². The van der Waals surface area contributed by atoms with Gasteiger partial charge in [-0.05, 0) is 83.9 Å². The first-order valence-electron chi connectivity index (χ1n) is 16.4. The molecule has 6 aromatic rings. The molecule has 0 aliphatic carbocycles. The van der Waals surface area contributed by atoms with Crippen LogP contribution in [0, 0.1) is 0 Å². The molecule has 0 saturated heterocycles. The number of thiazole rings is 1. The highest BCUT2D eigenvalue weighted by molar-refractivity contribution is 8.00. The molecule has 5 aromatic carbocycles. The lowest BCUT2D eigenvalue weighted by molar-refractivity contribution is -0.116. The average molecular weight is 796 g/mol. The summed E-state index contributed by atoms with van der Waals surface area (Å²) in [6, 6.07) is 35.4. The van der Waals surface area contributed by atoms with Gasteiger partial charge < -0.3 is 25.4 Å². The summed E-state index contributed by atoms with van der Waals surface area (Å²) in [5.41, 5.74) is 3.63. The van der Waals surface area contributed by atoms with Crippen molar-refractivity contribution in [2.24, 2.45) is 0 Å². The van der Waals surface area contributed by atoms with E-state index in [0.29, 0.717) is 49.2 Å². The van der Waals surface area contributed by atoms with E-state index in [-0.39, 0.29) is 11.6 Å². The van der Waals surface area contributed by atoms with Crippen molar-refractivity contribution < 1.29 is 23.9 Å². The minimum absolute atomic E-state index is 0.0242. The lowest BCUT2D eigenvalue weighted by atomic mass is 10.1. The summed E-state index contributed by atoms with van der Waals surface area (Å²) in [5, 5.41) is 11.0. The van der Waals surface area contributed by atoms with E-state index in [0.717, 1.165) is 16.0 Å². The first-order valence-corrected chi connectivity index (χ1v) is 18.9.